The quantitative estimate of drug-likeness (QED) is 0.813. The maximum absolute atomic E-state index is 12.7. The molecule has 1 nitrogen and oxygen atoms in total. The van der Waals surface area contributed by atoms with Crippen molar-refractivity contribution in [1.29, 1.82) is 0 Å². The Morgan fingerprint density at radius 1 is 1.18 bits per heavy atom. The number of halogens is 3. The number of nitrogens with one attached hydrogen (secondary N) is 1. The minimum absolute atomic E-state index is 0.273. The van der Waals surface area contributed by atoms with E-state index in [4.69, 9.17) is 0 Å². The smallest absolute Gasteiger partial charge is 0.382 e. The summed E-state index contributed by atoms with van der Waals surface area (Å²) in [5.74, 6) is 0. The molecule has 0 heterocycles. The highest BCUT2D eigenvalue weighted by Crippen LogP contribution is 2.34. The van der Waals surface area contributed by atoms with Gasteiger partial charge in [0, 0.05) is 11.7 Å². The third-order valence-corrected chi connectivity index (χ3v) is 3.27. The van der Waals surface area contributed by atoms with Gasteiger partial charge in [0.2, 0.25) is 0 Å². The van der Waals surface area contributed by atoms with Gasteiger partial charge >= 0.3 is 6.18 Å². The van der Waals surface area contributed by atoms with E-state index in [0.717, 1.165) is 25.7 Å². The Morgan fingerprint density at radius 2 is 1.82 bits per heavy atom. The van der Waals surface area contributed by atoms with E-state index < -0.39 is 11.7 Å². The van der Waals surface area contributed by atoms with Crippen molar-refractivity contribution >= 4 is 5.69 Å². The fraction of sp³-hybridized carbons (Fsp3) is 0.538. The summed E-state index contributed by atoms with van der Waals surface area (Å²) in [7, 11) is 0. The van der Waals surface area contributed by atoms with E-state index in [1.165, 1.54) is 19.1 Å². The lowest BCUT2D eigenvalue weighted by Crippen LogP contribution is -2.15. The molecule has 0 spiro atoms. The standard InChI is InChI=1S/C13H16F3N/c1-9-6-7-11(8-12(9)13(14,15)16)17-10-4-2-3-5-10/h6-8,10,17H,2-5H2,1H3. The lowest BCUT2D eigenvalue weighted by atomic mass is 10.1. The van der Waals surface area contributed by atoms with Crippen molar-refractivity contribution < 1.29 is 13.2 Å². The minimum atomic E-state index is -4.27. The summed E-state index contributed by atoms with van der Waals surface area (Å²) < 4.78 is 38.1. The summed E-state index contributed by atoms with van der Waals surface area (Å²) >= 11 is 0. The molecular weight excluding hydrogens is 227 g/mol. The number of benzene rings is 1. The summed E-state index contributed by atoms with van der Waals surface area (Å²) in [6, 6.07) is 4.80. The molecule has 0 aliphatic heterocycles. The molecule has 1 fully saturated rings. The highest BCUT2D eigenvalue weighted by molar-refractivity contribution is 5.50. The van der Waals surface area contributed by atoms with Gasteiger partial charge in [0.15, 0.2) is 0 Å². The first kappa shape index (κ1) is 12.3. The fourth-order valence-electron chi connectivity index (χ4n) is 2.32. The minimum Gasteiger partial charge on any atom is -0.382 e. The van der Waals surface area contributed by atoms with Gasteiger partial charge in [-0.2, -0.15) is 13.2 Å². The average Bonchev–Trinajstić information content (AvgIpc) is 2.72. The highest BCUT2D eigenvalue weighted by Gasteiger charge is 2.32. The summed E-state index contributed by atoms with van der Waals surface area (Å²) in [5, 5.41) is 3.18. The fourth-order valence-corrected chi connectivity index (χ4v) is 2.32. The zero-order chi connectivity index (χ0) is 12.5. The van der Waals surface area contributed by atoms with Gasteiger partial charge in [0.25, 0.3) is 0 Å². The molecule has 4 heteroatoms. The highest BCUT2D eigenvalue weighted by atomic mass is 19.4. The number of rotatable bonds is 2. The van der Waals surface area contributed by atoms with Gasteiger partial charge in [-0.15, -0.1) is 0 Å². The molecule has 1 aliphatic carbocycles. The van der Waals surface area contributed by atoms with Crippen LogP contribution < -0.4 is 5.32 Å². The monoisotopic (exact) mass is 243 g/mol. The van der Waals surface area contributed by atoms with Gasteiger partial charge in [0.1, 0.15) is 0 Å². The van der Waals surface area contributed by atoms with Crippen LogP contribution in [0.2, 0.25) is 0 Å². The Morgan fingerprint density at radius 3 is 2.41 bits per heavy atom. The van der Waals surface area contributed by atoms with Crippen molar-refractivity contribution in [1.82, 2.24) is 0 Å². The maximum atomic E-state index is 12.7. The molecule has 94 valence electrons. The van der Waals surface area contributed by atoms with E-state index in [0.29, 0.717) is 11.7 Å². The van der Waals surface area contributed by atoms with E-state index >= 15 is 0 Å². The van der Waals surface area contributed by atoms with Gasteiger partial charge in [-0.05, 0) is 37.5 Å². The van der Waals surface area contributed by atoms with E-state index in [2.05, 4.69) is 5.32 Å². The Bertz CT molecular complexity index is 392. The van der Waals surface area contributed by atoms with Crippen LogP contribution >= 0.6 is 0 Å². The normalized spacial score (nSPS) is 17.4. The van der Waals surface area contributed by atoms with Crippen molar-refractivity contribution in [2.24, 2.45) is 0 Å². The predicted molar refractivity (Wildman–Crippen MR) is 62.1 cm³/mol. The van der Waals surface area contributed by atoms with Crippen molar-refractivity contribution in [2.45, 2.75) is 44.8 Å². The number of alkyl halides is 3. The van der Waals surface area contributed by atoms with Crippen LogP contribution in [0.5, 0.6) is 0 Å². The molecule has 2 rings (SSSR count). The van der Waals surface area contributed by atoms with Crippen LogP contribution in [-0.4, -0.2) is 6.04 Å². The molecule has 0 atom stereocenters. The second kappa shape index (κ2) is 4.59. The van der Waals surface area contributed by atoms with Crippen molar-refractivity contribution in [3.63, 3.8) is 0 Å². The van der Waals surface area contributed by atoms with E-state index in [-0.39, 0.29) is 5.56 Å². The SMILES string of the molecule is Cc1ccc(NC2CCCC2)cc1C(F)(F)F. The predicted octanol–water partition coefficient (Wildman–Crippen LogP) is 4.37. The van der Waals surface area contributed by atoms with Gasteiger partial charge in [0.05, 0.1) is 5.56 Å². The van der Waals surface area contributed by atoms with Gasteiger partial charge in [-0.3, -0.25) is 0 Å². The Kier molecular flexibility index (Phi) is 3.31. The molecule has 0 bridgehead atoms. The summed E-state index contributed by atoms with van der Waals surface area (Å²) in [5.41, 5.74) is 0.310. The van der Waals surface area contributed by atoms with E-state index in [1.807, 2.05) is 0 Å². The molecule has 0 saturated heterocycles. The molecule has 1 aromatic rings. The molecule has 1 aromatic carbocycles. The van der Waals surface area contributed by atoms with Gasteiger partial charge in [-0.1, -0.05) is 18.9 Å². The molecule has 0 amide bonds. The number of aryl methyl sites for hydroxylation is 1. The Balaban J connectivity index is 2.18. The van der Waals surface area contributed by atoms with Crippen molar-refractivity contribution in [3.05, 3.63) is 29.3 Å². The molecule has 0 radical (unpaired) electrons. The summed E-state index contributed by atoms with van der Waals surface area (Å²) in [4.78, 5) is 0. The molecule has 1 N–H and O–H groups in total. The van der Waals surface area contributed by atoms with Crippen LogP contribution in [0, 0.1) is 6.92 Å². The first-order valence-electron chi connectivity index (χ1n) is 5.91. The molecule has 17 heavy (non-hydrogen) atoms. The molecule has 0 aromatic heterocycles. The maximum Gasteiger partial charge on any atom is 0.416 e. The van der Waals surface area contributed by atoms with Crippen LogP contribution in [0.1, 0.15) is 36.8 Å². The number of anilines is 1. The zero-order valence-electron chi connectivity index (χ0n) is 9.77. The Hall–Kier alpha value is -1.19. The Labute approximate surface area is 99.0 Å². The van der Waals surface area contributed by atoms with Crippen molar-refractivity contribution in [3.8, 4) is 0 Å². The first-order chi connectivity index (χ1) is 7.97. The van der Waals surface area contributed by atoms with Crippen LogP contribution in [-0.2, 0) is 6.18 Å². The van der Waals surface area contributed by atoms with Crippen LogP contribution in [0.3, 0.4) is 0 Å². The van der Waals surface area contributed by atoms with E-state index in [1.54, 1.807) is 6.07 Å². The molecular formula is C13H16F3N. The molecule has 1 aliphatic rings. The molecule has 1 saturated carbocycles. The summed E-state index contributed by atoms with van der Waals surface area (Å²) in [6.07, 6.45) is 0.160. The second-order valence-corrected chi connectivity index (χ2v) is 4.65. The largest absolute Gasteiger partial charge is 0.416 e. The van der Waals surface area contributed by atoms with Gasteiger partial charge in [-0.25, -0.2) is 0 Å². The van der Waals surface area contributed by atoms with Gasteiger partial charge < -0.3 is 5.32 Å². The lowest BCUT2D eigenvalue weighted by molar-refractivity contribution is -0.138. The lowest BCUT2D eigenvalue weighted by Gasteiger charge is -2.16. The van der Waals surface area contributed by atoms with Crippen LogP contribution in [0.15, 0.2) is 18.2 Å². The third kappa shape index (κ3) is 2.93. The molecule has 0 unspecified atom stereocenters. The topological polar surface area (TPSA) is 12.0 Å². The second-order valence-electron chi connectivity index (χ2n) is 4.65. The van der Waals surface area contributed by atoms with E-state index in [9.17, 15) is 13.2 Å². The number of hydrogen-bond donors (Lipinski definition) is 1. The average molecular weight is 243 g/mol. The van der Waals surface area contributed by atoms with Crippen LogP contribution in [0.25, 0.3) is 0 Å². The third-order valence-electron chi connectivity index (χ3n) is 3.27. The van der Waals surface area contributed by atoms with Crippen molar-refractivity contribution in [2.75, 3.05) is 5.32 Å². The van der Waals surface area contributed by atoms with Crippen LogP contribution in [0.4, 0.5) is 18.9 Å². The summed E-state index contributed by atoms with van der Waals surface area (Å²) in [6.45, 7) is 1.49. The number of hydrogen-bond acceptors (Lipinski definition) is 1. The zero-order valence-corrected chi connectivity index (χ0v) is 9.77. The first-order valence-corrected chi connectivity index (χ1v) is 5.91.